The normalized spacial score (nSPS) is 10.9. The summed E-state index contributed by atoms with van der Waals surface area (Å²) in [7, 11) is 0. The zero-order chi connectivity index (χ0) is 15.2. The Morgan fingerprint density at radius 1 is 1.14 bits per heavy atom. The van der Waals surface area contributed by atoms with Crippen LogP contribution < -0.4 is 10.1 Å². The minimum Gasteiger partial charge on any atom is -0.455 e. The summed E-state index contributed by atoms with van der Waals surface area (Å²) in [5.41, 5.74) is 3.53. The minimum absolute atomic E-state index is 0.634. The van der Waals surface area contributed by atoms with Crippen LogP contribution in [0.3, 0.4) is 0 Å². The van der Waals surface area contributed by atoms with Crippen LogP contribution in [0.5, 0.6) is 11.5 Å². The van der Waals surface area contributed by atoms with E-state index < -0.39 is 0 Å². The standard InChI is InChI=1S/C18H24N2O/c1-13(2)10-20-11-16-8-9-19-12-18(16)21-17-7-5-6-14(3)15(17)4/h5-9,12-13,20H,10-11H2,1-4H3. The van der Waals surface area contributed by atoms with Gasteiger partial charge in [0.25, 0.3) is 0 Å². The van der Waals surface area contributed by atoms with Crippen molar-refractivity contribution in [3.8, 4) is 11.5 Å². The van der Waals surface area contributed by atoms with Crippen LogP contribution in [-0.4, -0.2) is 11.5 Å². The topological polar surface area (TPSA) is 34.1 Å². The van der Waals surface area contributed by atoms with Crippen molar-refractivity contribution in [2.45, 2.75) is 34.2 Å². The molecule has 0 aliphatic carbocycles. The van der Waals surface area contributed by atoms with E-state index in [1.54, 1.807) is 6.20 Å². The van der Waals surface area contributed by atoms with Crippen molar-refractivity contribution in [3.63, 3.8) is 0 Å². The fourth-order valence-corrected chi connectivity index (χ4v) is 2.10. The Kier molecular flexibility index (Phi) is 5.34. The average Bonchev–Trinajstić information content (AvgIpc) is 2.45. The average molecular weight is 284 g/mol. The first-order valence-corrected chi connectivity index (χ1v) is 7.45. The monoisotopic (exact) mass is 284 g/mol. The van der Waals surface area contributed by atoms with Gasteiger partial charge in [0.1, 0.15) is 11.5 Å². The predicted molar refractivity (Wildman–Crippen MR) is 86.8 cm³/mol. The van der Waals surface area contributed by atoms with Gasteiger partial charge >= 0.3 is 0 Å². The third-order valence-electron chi connectivity index (χ3n) is 3.51. The lowest BCUT2D eigenvalue weighted by atomic mass is 10.1. The number of nitrogens with one attached hydrogen (secondary N) is 1. The molecule has 3 heteroatoms. The van der Waals surface area contributed by atoms with E-state index in [0.29, 0.717) is 5.92 Å². The molecule has 0 spiro atoms. The second kappa shape index (κ2) is 7.23. The molecule has 3 nitrogen and oxygen atoms in total. The maximum atomic E-state index is 6.08. The van der Waals surface area contributed by atoms with E-state index in [1.165, 1.54) is 11.1 Å². The molecule has 0 atom stereocenters. The first-order chi connectivity index (χ1) is 10.1. The van der Waals surface area contributed by atoms with E-state index in [9.17, 15) is 0 Å². The SMILES string of the molecule is Cc1cccc(Oc2cnccc2CNCC(C)C)c1C. The molecule has 0 bridgehead atoms. The van der Waals surface area contributed by atoms with Gasteiger partial charge in [-0.15, -0.1) is 0 Å². The third kappa shape index (κ3) is 4.30. The van der Waals surface area contributed by atoms with Crippen molar-refractivity contribution in [3.05, 3.63) is 53.3 Å². The van der Waals surface area contributed by atoms with Crippen LogP contribution in [0.4, 0.5) is 0 Å². The second-order valence-electron chi connectivity index (χ2n) is 5.81. The van der Waals surface area contributed by atoms with Gasteiger partial charge in [0, 0.05) is 18.3 Å². The van der Waals surface area contributed by atoms with Crippen LogP contribution in [0.2, 0.25) is 0 Å². The van der Waals surface area contributed by atoms with Crippen molar-refractivity contribution in [1.29, 1.82) is 0 Å². The van der Waals surface area contributed by atoms with Crippen molar-refractivity contribution in [1.82, 2.24) is 10.3 Å². The highest BCUT2D eigenvalue weighted by Crippen LogP contribution is 2.28. The highest BCUT2D eigenvalue weighted by atomic mass is 16.5. The predicted octanol–water partition coefficient (Wildman–Crippen LogP) is 4.24. The lowest BCUT2D eigenvalue weighted by Crippen LogP contribution is -2.19. The molecule has 1 heterocycles. The molecule has 0 saturated heterocycles. The molecule has 0 aliphatic rings. The number of benzene rings is 1. The Bertz CT molecular complexity index is 594. The Hall–Kier alpha value is -1.87. The Balaban J connectivity index is 2.14. The van der Waals surface area contributed by atoms with Gasteiger partial charge in [-0.3, -0.25) is 4.98 Å². The summed E-state index contributed by atoms with van der Waals surface area (Å²) in [6.45, 7) is 10.4. The molecule has 0 aliphatic heterocycles. The molecule has 0 fully saturated rings. The van der Waals surface area contributed by atoms with Crippen molar-refractivity contribution in [2.75, 3.05) is 6.54 Å². The largest absolute Gasteiger partial charge is 0.455 e. The highest BCUT2D eigenvalue weighted by molar-refractivity contribution is 5.42. The Morgan fingerprint density at radius 2 is 1.95 bits per heavy atom. The van der Waals surface area contributed by atoms with Gasteiger partial charge in [0.2, 0.25) is 0 Å². The summed E-state index contributed by atoms with van der Waals surface area (Å²) >= 11 is 0. The first-order valence-electron chi connectivity index (χ1n) is 7.45. The number of hydrogen-bond acceptors (Lipinski definition) is 3. The molecule has 1 N–H and O–H groups in total. The molecule has 0 amide bonds. The molecule has 112 valence electrons. The lowest BCUT2D eigenvalue weighted by molar-refractivity contribution is 0.463. The van der Waals surface area contributed by atoms with Gasteiger partial charge in [-0.25, -0.2) is 0 Å². The van der Waals surface area contributed by atoms with Gasteiger partial charge in [0.15, 0.2) is 0 Å². The van der Waals surface area contributed by atoms with Gasteiger partial charge in [-0.2, -0.15) is 0 Å². The summed E-state index contributed by atoms with van der Waals surface area (Å²) in [6.07, 6.45) is 3.59. The molecule has 2 rings (SSSR count). The highest BCUT2D eigenvalue weighted by Gasteiger charge is 2.08. The summed E-state index contributed by atoms with van der Waals surface area (Å²) in [4.78, 5) is 4.18. The van der Waals surface area contributed by atoms with E-state index in [4.69, 9.17) is 4.74 Å². The molecular formula is C18H24N2O. The molecule has 0 radical (unpaired) electrons. The smallest absolute Gasteiger partial charge is 0.150 e. The van der Waals surface area contributed by atoms with Crippen LogP contribution in [0.25, 0.3) is 0 Å². The molecule has 2 aromatic rings. The number of rotatable bonds is 6. The van der Waals surface area contributed by atoms with Gasteiger partial charge in [-0.1, -0.05) is 26.0 Å². The van der Waals surface area contributed by atoms with Crippen molar-refractivity contribution >= 4 is 0 Å². The summed E-state index contributed by atoms with van der Waals surface area (Å²) in [5, 5.41) is 3.45. The van der Waals surface area contributed by atoms with Crippen LogP contribution in [0.15, 0.2) is 36.7 Å². The minimum atomic E-state index is 0.634. The molecule has 1 aromatic heterocycles. The van der Waals surface area contributed by atoms with Crippen LogP contribution in [0, 0.1) is 19.8 Å². The number of nitrogens with zero attached hydrogens (tertiary/aromatic N) is 1. The van der Waals surface area contributed by atoms with E-state index in [0.717, 1.165) is 30.2 Å². The van der Waals surface area contributed by atoms with Crippen LogP contribution >= 0.6 is 0 Å². The van der Waals surface area contributed by atoms with Crippen LogP contribution in [-0.2, 0) is 6.54 Å². The summed E-state index contributed by atoms with van der Waals surface area (Å²) in [5.74, 6) is 2.35. The molecule has 0 saturated carbocycles. The van der Waals surface area contributed by atoms with Gasteiger partial charge in [-0.05, 0) is 49.6 Å². The maximum Gasteiger partial charge on any atom is 0.150 e. The molecular weight excluding hydrogens is 260 g/mol. The Morgan fingerprint density at radius 3 is 2.71 bits per heavy atom. The van der Waals surface area contributed by atoms with Crippen molar-refractivity contribution < 1.29 is 4.74 Å². The van der Waals surface area contributed by atoms with Gasteiger partial charge in [0.05, 0.1) is 6.20 Å². The number of pyridine rings is 1. The lowest BCUT2D eigenvalue weighted by Gasteiger charge is -2.14. The summed E-state index contributed by atoms with van der Waals surface area (Å²) < 4.78 is 6.08. The summed E-state index contributed by atoms with van der Waals surface area (Å²) in [6, 6.07) is 8.12. The van der Waals surface area contributed by atoms with E-state index in [-0.39, 0.29) is 0 Å². The van der Waals surface area contributed by atoms with E-state index >= 15 is 0 Å². The zero-order valence-corrected chi connectivity index (χ0v) is 13.3. The number of aryl methyl sites for hydroxylation is 1. The van der Waals surface area contributed by atoms with Gasteiger partial charge < -0.3 is 10.1 Å². The maximum absolute atomic E-state index is 6.08. The Labute approximate surface area is 127 Å². The zero-order valence-electron chi connectivity index (χ0n) is 13.3. The molecule has 0 unspecified atom stereocenters. The van der Waals surface area contributed by atoms with Crippen molar-refractivity contribution in [2.24, 2.45) is 5.92 Å². The second-order valence-corrected chi connectivity index (χ2v) is 5.81. The third-order valence-corrected chi connectivity index (χ3v) is 3.51. The van der Waals surface area contributed by atoms with E-state index in [2.05, 4.69) is 44.1 Å². The van der Waals surface area contributed by atoms with Crippen LogP contribution in [0.1, 0.15) is 30.5 Å². The fraction of sp³-hybridized carbons (Fsp3) is 0.389. The first kappa shape index (κ1) is 15.5. The van der Waals surface area contributed by atoms with E-state index in [1.807, 2.05) is 24.4 Å². The quantitative estimate of drug-likeness (QED) is 0.861. The number of aromatic nitrogens is 1. The fourth-order valence-electron chi connectivity index (χ4n) is 2.10. The number of hydrogen-bond donors (Lipinski definition) is 1. The molecule has 1 aromatic carbocycles. The molecule has 21 heavy (non-hydrogen) atoms. The number of ether oxygens (including phenoxy) is 1.